The standard InChI is InChI=1S/C17H25N3O5S2/c1-19(2)26(22,23)15-7-9-16(10-8-15)27(24,25)20-11-3-4-13(12-20)17(21)18-14-5-6-14/h7-10,13-14H,3-6,11-12H2,1-2H3,(H,18,21)/t13-/m1/s1. The second-order valence-electron chi connectivity index (χ2n) is 7.24. The number of benzene rings is 1. The number of sulfonamides is 2. The molecule has 1 heterocycles. The Morgan fingerprint density at radius 1 is 1.04 bits per heavy atom. The highest BCUT2D eigenvalue weighted by atomic mass is 32.2. The lowest BCUT2D eigenvalue weighted by molar-refractivity contribution is -0.126. The summed E-state index contributed by atoms with van der Waals surface area (Å²) in [6, 6.07) is 5.45. The first-order valence-corrected chi connectivity index (χ1v) is 11.8. The second kappa shape index (κ2) is 7.50. The summed E-state index contributed by atoms with van der Waals surface area (Å²) in [6.45, 7) is 0.506. The average molecular weight is 416 g/mol. The minimum Gasteiger partial charge on any atom is -0.353 e. The molecule has 1 N–H and O–H groups in total. The van der Waals surface area contributed by atoms with Crippen molar-refractivity contribution in [2.45, 2.75) is 41.5 Å². The van der Waals surface area contributed by atoms with E-state index in [1.165, 1.54) is 42.7 Å². The number of nitrogens with one attached hydrogen (secondary N) is 1. The molecule has 0 aromatic heterocycles. The van der Waals surface area contributed by atoms with Gasteiger partial charge in [-0.05, 0) is 49.9 Å². The lowest BCUT2D eigenvalue weighted by atomic mass is 9.99. The van der Waals surface area contributed by atoms with Crippen molar-refractivity contribution in [3.8, 4) is 0 Å². The SMILES string of the molecule is CN(C)S(=O)(=O)c1ccc(S(=O)(=O)N2CCC[C@@H](C(=O)NC3CC3)C2)cc1. The summed E-state index contributed by atoms with van der Waals surface area (Å²) >= 11 is 0. The van der Waals surface area contributed by atoms with Crippen LogP contribution in [0.2, 0.25) is 0 Å². The Kier molecular flexibility index (Phi) is 5.62. The van der Waals surface area contributed by atoms with E-state index < -0.39 is 20.0 Å². The fourth-order valence-electron chi connectivity index (χ4n) is 3.06. The second-order valence-corrected chi connectivity index (χ2v) is 11.3. The predicted octanol–water partition coefficient (Wildman–Crippen LogP) is 0.616. The highest BCUT2D eigenvalue weighted by Gasteiger charge is 2.35. The Morgan fingerprint density at radius 2 is 1.63 bits per heavy atom. The summed E-state index contributed by atoms with van der Waals surface area (Å²) in [5.41, 5.74) is 0. The maximum atomic E-state index is 12.9. The molecule has 1 saturated carbocycles. The van der Waals surface area contributed by atoms with Crippen LogP contribution >= 0.6 is 0 Å². The minimum atomic E-state index is -3.78. The normalized spacial score (nSPS) is 22.0. The number of hydrogen-bond acceptors (Lipinski definition) is 5. The summed E-state index contributed by atoms with van der Waals surface area (Å²) in [5.74, 6) is -0.424. The van der Waals surface area contributed by atoms with Crippen molar-refractivity contribution < 1.29 is 21.6 Å². The van der Waals surface area contributed by atoms with Crippen LogP contribution in [0.25, 0.3) is 0 Å². The third-order valence-electron chi connectivity index (χ3n) is 4.92. The van der Waals surface area contributed by atoms with E-state index in [4.69, 9.17) is 0 Å². The third kappa shape index (κ3) is 4.34. The first-order valence-electron chi connectivity index (χ1n) is 8.95. The van der Waals surface area contributed by atoms with Gasteiger partial charge in [0.05, 0.1) is 15.7 Å². The molecule has 3 rings (SSSR count). The lowest BCUT2D eigenvalue weighted by Gasteiger charge is -2.31. The van der Waals surface area contributed by atoms with Crippen LogP contribution in [-0.4, -0.2) is 64.6 Å². The molecule has 0 radical (unpaired) electrons. The molecule has 150 valence electrons. The molecular formula is C17H25N3O5S2. The van der Waals surface area contributed by atoms with Gasteiger partial charge in [0.15, 0.2) is 0 Å². The van der Waals surface area contributed by atoms with Gasteiger partial charge in [-0.2, -0.15) is 4.31 Å². The Morgan fingerprint density at radius 3 is 2.19 bits per heavy atom. The molecule has 1 atom stereocenters. The molecule has 1 aromatic rings. The van der Waals surface area contributed by atoms with Gasteiger partial charge in [-0.15, -0.1) is 0 Å². The van der Waals surface area contributed by atoms with Crippen LogP contribution in [0.1, 0.15) is 25.7 Å². The van der Waals surface area contributed by atoms with Crippen LogP contribution in [0.5, 0.6) is 0 Å². The molecule has 2 fully saturated rings. The molecular weight excluding hydrogens is 390 g/mol. The third-order valence-corrected chi connectivity index (χ3v) is 8.63. The van der Waals surface area contributed by atoms with Crippen LogP contribution in [0.3, 0.4) is 0 Å². The van der Waals surface area contributed by atoms with Gasteiger partial charge in [0.1, 0.15) is 0 Å². The van der Waals surface area contributed by atoms with Crippen molar-refractivity contribution in [2.24, 2.45) is 5.92 Å². The highest BCUT2D eigenvalue weighted by Crippen LogP contribution is 2.26. The summed E-state index contributed by atoms with van der Waals surface area (Å²) < 4.78 is 52.5. The van der Waals surface area contributed by atoms with E-state index in [9.17, 15) is 21.6 Å². The number of piperidine rings is 1. The highest BCUT2D eigenvalue weighted by molar-refractivity contribution is 7.89. The number of hydrogen-bond donors (Lipinski definition) is 1. The number of carbonyl (C=O) groups excluding carboxylic acids is 1. The Bertz CT molecular complexity index is 906. The summed E-state index contributed by atoms with van der Waals surface area (Å²) in [4.78, 5) is 12.3. The minimum absolute atomic E-state index is 0.0310. The number of carbonyl (C=O) groups is 1. The van der Waals surface area contributed by atoms with E-state index >= 15 is 0 Å². The average Bonchev–Trinajstić information content (AvgIpc) is 3.45. The molecule has 0 unspecified atom stereocenters. The summed E-state index contributed by atoms with van der Waals surface area (Å²) in [6.07, 6.45) is 3.27. The van der Waals surface area contributed by atoms with Crippen LogP contribution in [0.15, 0.2) is 34.1 Å². The molecule has 1 saturated heterocycles. The molecule has 10 heteroatoms. The number of rotatable bonds is 6. The molecule has 2 aliphatic rings. The van der Waals surface area contributed by atoms with Crippen molar-refractivity contribution in [3.05, 3.63) is 24.3 Å². The maximum absolute atomic E-state index is 12.9. The van der Waals surface area contributed by atoms with Gasteiger partial charge >= 0.3 is 0 Å². The van der Waals surface area contributed by atoms with Gasteiger partial charge in [-0.25, -0.2) is 21.1 Å². The van der Waals surface area contributed by atoms with E-state index in [-0.39, 0.29) is 34.2 Å². The molecule has 1 aromatic carbocycles. The smallest absolute Gasteiger partial charge is 0.243 e. The van der Waals surface area contributed by atoms with Gasteiger partial charge in [-0.3, -0.25) is 4.79 Å². The monoisotopic (exact) mass is 415 g/mol. The van der Waals surface area contributed by atoms with E-state index in [1.54, 1.807) is 0 Å². The largest absolute Gasteiger partial charge is 0.353 e. The van der Waals surface area contributed by atoms with Crippen LogP contribution in [0.4, 0.5) is 0 Å². The van der Waals surface area contributed by atoms with Crippen LogP contribution < -0.4 is 5.32 Å². The van der Waals surface area contributed by atoms with E-state index in [2.05, 4.69) is 5.32 Å². The molecule has 0 bridgehead atoms. The topological polar surface area (TPSA) is 104 Å². The van der Waals surface area contributed by atoms with E-state index in [0.717, 1.165) is 17.1 Å². The molecule has 1 amide bonds. The first-order chi connectivity index (χ1) is 12.6. The van der Waals surface area contributed by atoms with Crippen molar-refractivity contribution in [2.75, 3.05) is 27.2 Å². The van der Waals surface area contributed by atoms with E-state index in [0.29, 0.717) is 19.4 Å². The van der Waals surface area contributed by atoms with Gasteiger partial charge < -0.3 is 5.32 Å². The van der Waals surface area contributed by atoms with E-state index in [1.807, 2.05) is 0 Å². The summed E-state index contributed by atoms with van der Waals surface area (Å²) in [5, 5.41) is 2.94. The quantitative estimate of drug-likeness (QED) is 0.733. The molecule has 8 nitrogen and oxygen atoms in total. The number of amides is 1. The maximum Gasteiger partial charge on any atom is 0.243 e. The van der Waals surface area contributed by atoms with Gasteiger partial charge in [0.2, 0.25) is 26.0 Å². The van der Waals surface area contributed by atoms with Gasteiger partial charge in [-0.1, -0.05) is 0 Å². The Labute approximate surface area is 160 Å². The van der Waals surface area contributed by atoms with Crippen LogP contribution in [-0.2, 0) is 24.8 Å². The van der Waals surface area contributed by atoms with Gasteiger partial charge in [0, 0.05) is 33.2 Å². The molecule has 0 spiro atoms. The summed E-state index contributed by atoms with van der Waals surface area (Å²) in [7, 11) is -4.56. The fourth-order valence-corrected chi connectivity index (χ4v) is 5.49. The predicted molar refractivity (Wildman–Crippen MR) is 100.0 cm³/mol. The van der Waals surface area contributed by atoms with Gasteiger partial charge in [0.25, 0.3) is 0 Å². The zero-order chi connectivity index (χ0) is 19.8. The van der Waals surface area contributed by atoms with Crippen molar-refractivity contribution >= 4 is 26.0 Å². The van der Waals surface area contributed by atoms with Crippen molar-refractivity contribution in [1.29, 1.82) is 0 Å². The zero-order valence-corrected chi connectivity index (χ0v) is 17.1. The van der Waals surface area contributed by atoms with Crippen molar-refractivity contribution in [1.82, 2.24) is 13.9 Å². The van der Waals surface area contributed by atoms with Crippen molar-refractivity contribution in [3.63, 3.8) is 0 Å². The lowest BCUT2D eigenvalue weighted by Crippen LogP contribution is -2.45. The first kappa shape index (κ1) is 20.2. The fraction of sp³-hybridized carbons (Fsp3) is 0.588. The molecule has 27 heavy (non-hydrogen) atoms. The van der Waals surface area contributed by atoms with Crippen LogP contribution in [0, 0.1) is 5.92 Å². The zero-order valence-electron chi connectivity index (χ0n) is 15.5. The molecule has 1 aliphatic carbocycles. The number of nitrogens with zero attached hydrogens (tertiary/aromatic N) is 2. The molecule has 1 aliphatic heterocycles. The Balaban J connectivity index is 1.76. The Hall–Kier alpha value is -1.49.